The standard InChI is InChI=1S/C18H19FN2O3/c1-10-4-7-14(17(20)22)16(8-10)24-12(3)18(23)21-13-6-5-11(2)15(19)9-13/h4-9,12H,1-3H3,(H2,20,22)(H,21,23). The number of nitrogens with two attached hydrogens (primary N) is 1. The van der Waals surface area contributed by atoms with Crippen molar-refractivity contribution in [3.63, 3.8) is 0 Å². The van der Waals surface area contributed by atoms with Gasteiger partial charge in [0.1, 0.15) is 11.6 Å². The lowest BCUT2D eigenvalue weighted by Crippen LogP contribution is -2.31. The largest absolute Gasteiger partial charge is 0.480 e. The number of ether oxygens (including phenoxy) is 1. The molecule has 2 amide bonds. The quantitative estimate of drug-likeness (QED) is 0.884. The van der Waals surface area contributed by atoms with Crippen LogP contribution in [-0.4, -0.2) is 17.9 Å². The minimum atomic E-state index is -0.894. The van der Waals surface area contributed by atoms with Gasteiger partial charge >= 0.3 is 0 Å². The van der Waals surface area contributed by atoms with Gasteiger partial charge in [0.25, 0.3) is 11.8 Å². The molecule has 0 bridgehead atoms. The molecule has 0 aliphatic heterocycles. The fraction of sp³-hybridized carbons (Fsp3) is 0.222. The van der Waals surface area contributed by atoms with Crippen molar-refractivity contribution in [3.05, 3.63) is 58.9 Å². The lowest BCUT2D eigenvalue weighted by Gasteiger charge is -2.17. The highest BCUT2D eigenvalue weighted by atomic mass is 19.1. The van der Waals surface area contributed by atoms with Crippen molar-refractivity contribution < 1.29 is 18.7 Å². The van der Waals surface area contributed by atoms with E-state index in [2.05, 4.69) is 5.32 Å². The number of rotatable bonds is 5. The summed E-state index contributed by atoms with van der Waals surface area (Å²) in [4.78, 5) is 23.6. The molecule has 126 valence electrons. The molecule has 0 heterocycles. The van der Waals surface area contributed by atoms with Gasteiger partial charge in [0.05, 0.1) is 5.56 Å². The maximum absolute atomic E-state index is 13.5. The monoisotopic (exact) mass is 330 g/mol. The van der Waals surface area contributed by atoms with Crippen molar-refractivity contribution in [2.45, 2.75) is 26.9 Å². The van der Waals surface area contributed by atoms with E-state index in [0.29, 0.717) is 11.3 Å². The van der Waals surface area contributed by atoms with Crippen LogP contribution in [0.1, 0.15) is 28.4 Å². The van der Waals surface area contributed by atoms with Gasteiger partial charge in [0.2, 0.25) is 0 Å². The number of primary amides is 1. The second-order valence-electron chi connectivity index (χ2n) is 5.58. The van der Waals surface area contributed by atoms with Crippen LogP contribution < -0.4 is 15.8 Å². The fourth-order valence-corrected chi connectivity index (χ4v) is 2.09. The number of hydrogen-bond acceptors (Lipinski definition) is 3. The highest BCUT2D eigenvalue weighted by Crippen LogP contribution is 2.22. The van der Waals surface area contributed by atoms with Crippen LogP contribution >= 0.6 is 0 Å². The third kappa shape index (κ3) is 4.10. The van der Waals surface area contributed by atoms with E-state index < -0.39 is 23.7 Å². The molecule has 1 unspecified atom stereocenters. The Morgan fingerprint density at radius 3 is 2.50 bits per heavy atom. The molecule has 0 saturated carbocycles. The summed E-state index contributed by atoms with van der Waals surface area (Å²) in [7, 11) is 0. The topological polar surface area (TPSA) is 81.4 Å². The van der Waals surface area contributed by atoms with Gasteiger partial charge in [-0.25, -0.2) is 4.39 Å². The maximum Gasteiger partial charge on any atom is 0.265 e. The first kappa shape index (κ1) is 17.5. The Morgan fingerprint density at radius 2 is 1.88 bits per heavy atom. The van der Waals surface area contributed by atoms with Crippen molar-refractivity contribution in [1.29, 1.82) is 0 Å². The minimum absolute atomic E-state index is 0.196. The zero-order chi connectivity index (χ0) is 17.9. The second-order valence-corrected chi connectivity index (χ2v) is 5.58. The SMILES string of the molecule is Cc1ccc(C(N)=O)c(OC(C)C(=O)Nc2ccc(C)c(F)c2)c1. The number of carbonyl (C=O) groups excluding carboxylic acids is 2. The lowest BCUT2D eigenvalue weighted by atomic mass is 10.1. The molecule has 0 aromatic heterocycles. The van der Waals surface area contributed by atoms with Gasteiger partial charge in [-0.2, -0.15) is 0 Å². The van der Waals surface area contributed by atoms with Crippen LogP contribution in [0.2, 0.25) is 0 Å². The first-order valence-electron chi connectivity index (χ1n) is 7.42. The molecule has 24 heavy (non-hydrogen) atoms. The third-order valence-corrected chi connectivity index (χ3v) is 3.51. The Bertz CT molecular complexity index is 790. The zero-order valence-electron chi connectivity index (χ0n) is 13.7. The summed E-state index contributed by atoms with van der Waals surface area (Å²) in [5.41, 5.74) is 7.19. The third-order valence-electron chi connectivity index (χ3n) is 3.51. The Labute approximate surface area is 139 Å². The Kier molecular flexibility index (Phi) is 5.18. The van der Waals surface area contributed by atoms with Crippen LogP contribution in [0.3, 0.4) is 0 Å². The van der Waals surface area contributed by atoms with E-state index >= 15 is 0 Å². The number of halogens is 1. The molecule has 0 aliphatic rings. The second kappa shape index (κ2) is 7.12. The van der Waals surface area contributed by atoms with E-state index in [0.717, 1.165) is 5.56 Å². The predicted octanol–water partition coefficient (Wildman–Crippen LogP) is 2.95. The molecule has 2 aromatic carbocycles. The van der Waals surface area contributed by atoms with E-state index in [-0.39, 0.29) is 11.3 Å². The Hall–Kier alpha value is -2.89. The highest BCUT2D eigenvalue weighted by molar-refractivity contribution is 5.97. The number of nitrogens with one attached hydrogen (secondary N) is 1. The first-order valence-corrected chi connectivity index (χ1v) is 7.42. The van der Waals surface area contributed by atoms with E-state index in [1.54, 1.807) is 37.3 Å². The van der Waals surface area contributed by atoms with Gasteiger partial charge in [0.15, 0.2) is 6.10 Å². The molecular weight excluding hydrogens is 311 g/mol. The summed E-state index contributed by atoms with van der Waals surface area (Å²) in [5.74, 6) is -1.27. The molecule has 0 fully saturated rings. The van der Waals surface area contributed by atoms with Crippen LogP contribution in [0.4, 0.5) is 10.1 Å². The van der Waals surface area contributed by atoms with Crippen LogP contribution in [-0.2, 0) is 4.79 Å². The molecule has 3 N–H and O–H groups in total. The summed E-state index contributed by atoms with van der Waals surface area (Å²) < 4.78 is 19.1. The van der Waals surface area contributed by atoms with Gasteiger partial charge in [-0.15, -0.1) is 0 Å². The lowest BCUT2D eigenvalue weighted by molar-refractivity contribution is -0.122. The van der Waals surface area contributed by atoms with E-state index in [1.165, 1.54) is 13.0 Å². The average molecular weight is 330 g/mol. The van der Waals surface area contributed by atoms with Crippen molar-refractivity contribution in [3.8, 4) is 5.75 Å². The van der Waals surface area contributed by atoms with Crippen molar-refractivity contribution in [2.24, 2.45) is 5.73 Å². The Morgan fingerprint density at radius 1 is 1.17 bits per heavy atom. The number of amides is 2. The highest BCUT2D eigenvalue weighted by Gasteiger charge is 2.18. The molecule has 6 heteroatoms. The molecule has 5 nitrogen and oxygen atoms in total. The molecule has 0 radical (unpaired) electrons. The van der Waals surface area contributed by atoms with Gasteiger partial charge in [-0.05, 0) is 56.2 Å². The zero-order valence-corrected chi connectivity index (χ0v) is 13.7. The summed E-state index contributed by atoms with van der Waals surface area (Å²) in [6.45, 7) is 5.00. The summed E-state index contributed by atoms with van der Waals surface area (Å²) in [5, 5.41) is 2.57. The molecule has 2 rings (SSSR count). The van der Waals surface area contributed by atoms with Gasteiger partial charge in [-0.1, -0.05) is 12.1 Å². The van der Waals surface area contributed by atoms with Crippen molar-refractivity contribution in [1.82, 2.24) is 0 Å². The van der Waals surface area contributed by atoms with Gasteiger partial charge in [-0.3, -0.25) is 9.59 Å². The van der Waals surface area contributed by atoms with Crippen LogP contribution in [0.5, 0.6) is 5.75 Å². The number of hydrogen-bond donors (Lipinski definition) is 2. The molecule has 1 atom stereocenters. The summed E-state index contributed by atoms with van der Waals surface area (Å²) in [6, 6.07) is 9.32. The minimum Gasteiger partial charge on any atom is -0.480 e. The maximum atomic E-state index is 13.5. The molecular formula is C18H19FN2O3. The van der Waals surface area contributed by atoms with Gasteiger partial charge < -0.3 is 15.8 Å². The molecule has 0 saturated heterocycles. The Balaban J connectivity index is 2.13. The number of carbonyl (C=O) groups is 2. The van der Waals surface area contributed by atoms with E-state index in [4.69, 9.17) is 10.5 Å². The van der Waals surface area contributed by atoms with Crippen LogP contribution in [0.25, 0.3) is 0 Å². The number of benzene rings is 2. The number of aryl methyl sites for hydroxylation is 2. The van der Waals surface area contributed by atoms with Crippen LogP contribution in [0.15, 0.2) is 36.4 Å². The van der Waals surface area contributed by atoms with Crippen molar-refractivity contribution >= 4 is 17.5 Å². The smallest absolute Gasteiger partial charge is 0.265 e. The van der Waals surface area contributed by atoms with E-state index in [9.17, 15) is 14.0 Å². The first-order chi connectivity index (χ1) is 11.3. The van der Waals surface area contributed by atoms with E-state index in [1.807, 2.05) is 6.92 Å². The molecule has 2 aromatic rings. The number of anilines is 1. The summed E-state index contributed by atoms with van der Waals surface area (Å²) >= 11 is 0. The fourth-order valence-electron chi connectivity index (χ4n) is 2.09. The van der Waals surface area contributed by atoms with Crippen LogP contribution in [0, 0.1) is 19.7 Å². The molecule has 0 aliphatic carbocycles. The van der Waals surface area contributed by atoms with Crippen molar-refractivity contribution in [2.75, 3.05) is 5.32 Å². The molecule has 0 spiro atoms. The normalized spacial score (nSPS) is 11.7. The van der Waals surface area contributed by atoms with Gasteiger partial charge in [0, 0.05) is 5.69 Å². The predicted molar refractivity (Wildman–Crippen MR) is 89.6 cm³/mol. The average Bonchev–Trinajstić information content (AvgIpc) is 2.50. The summed E-state index contributed by atoms with van der Waals surface area (Å²) in [6.07, 6.45) is -0.894.